The Hall–Kier alpha value is -1.85. The summed E-state index contributed by atoms with van der Waals surface area (Å²) >= 11 is 1.49. The van der Waals surface area contributed by atoms with Gasteiger partial charge < -0.3 is 20.7 Å². The maximum absolute atomic E-state index is 9.86. The van der Waals surface area contributed by atoms with Crippen molar-refractivity contribution in [2.45, 2.75) is 26.2 Å². The quantitative estimate of drug-likeness (QED) is 0.632. The molecule has 0 aliphatic carbocycles. The van der Waals surface area contributed by atoms with Gasteiger partial charge in [0.25, 0.3) is 0 Å². The molecule has 1 atom stereocenters. The van der Waals surface area contributed by atoms with E-state index in [9.17, 15) is 5.11 Å². The van der Waals surface area contributed by atoms with Gasteiger partial charge in [0.15, 0.2) is 0 Å². The Balaban J connectivity index is 0.000000247. The lowest BCUT2D eigenvalue weighted by Crippen LogP contribution is -2.00. The van der Waals surface area contributed by atoms with Gasteiger partial charge in [0.05, 0.1) is 6.61 Å². The average molecular weight is 335 g/mol. The summed E-state index contributed by atoms with van der Waals surface area (Å²) in [5.41, 5.74) is 7.75. The largest absolute Gasteiger partial charge is 0.508 e. The number of phenolic OH excluding ortho intramolecular Hbond substituents is 1. The lowest BCUT2D eigenvalue weighted by Gasteiger charge is -2.14. The van der Waals surface area contributed by atoms with E-state index >= 15 is 0 Å². The first-order chi connectivity index (χ1) is 11.1. The third-order valence-electron chi connectivity index (χ3n) is 2.99. The van der Waals surface area contributed by atoms with E-state index in [1.807, 2.05) is 32.9 Å². The normalized spacial score (nSPS) is 15.6. The molecule has 1 heterocycles. The Morgan fingerprint density at radius 1 is 1.17 bits per heavy atom. The zero-order valence-electron chi connectivity index (χ0n) is 13.8. The third kappa shape index (κ3) is 6.04. The van der Waals surface area contributed by atoms with E-state index in [2.05, 4.69) is 0 Å². The Morgan fingerprint density at radius 2 is 1.83 bits per heavy atom. The molecular formula is C18H25NO3S. The van der Waals surface area contributed by atoms with Gasteiger partial charge in [-0.1, -0.05) is 32.0 Å². The van der Waals surface area contributed by atoms with Crippen LogP contribution >= 0.6 is 11.8 Å². The number of fused-ring (bicyclic) bond motifs is 1. The molecule has 1 unspecified atom stereocenters. The number of anilines is 1. The van der Waals surface area contributed by atoms with Gasteiger partial charge in [-0.3, -0.25) is 0 Å². The van der Waals surface area contributed by atoms with Crippen molar-refractivity contribution in [3.8, 4) is 11.5 Å². The van der Waals surface area contributed by atoms with Crippen LogP contribution in [0.5, 0.6) is 11.5 Å². The highest BCUT2D eigenvalue weighted by Crippen LogP contribution is 2.38. The first-order valence-electron chi connectivity index (χ1n) is 7.64. The molecule has 1 aliphatic rings. The van der Waals surface area contributed by atoms with Crippen molar-refractivity contribution in [2.24, 2.45) is 0 Å². The summed E-state index contributed by atoms with van der Waals surface area (Å²) in [6.45, 7) is 6.56. The SMILES string of the molecule is CC.Cc1cc(N)cc2c1C(O)SCCO2.Oc1ccccc1. The van der Waals surface area contributed by atoms with Crippen molar-refractivity contribution < 1.29 is 14.9 Å². The van der Waals surface area contributed by atoms with Gasteiger partial charge in [-0.25, -0.2) is 0 Å². The van der Waals surface area contributed by atoms with Crippen LogP contribution in [-0.4, -0.2) is 22.6 Å². The van der Waals surface area contributed by atoms with Crippen LogP contribution in [0.4, 0.5) is 5.69 Å². The topological polar surface area (TPSA) is 75.7 Å². The molecule has 0 fully saturated rings. The summed E-state index contributed by atoms with van der Waals surface area (Å²) < 4.78 is 5.52. The highest BCUT2D eigenvalue weighted by molar-refractivity contribution is 7.99. The summed E-state index contributed by atoms with van der Waals surface area (Å²) in [4.78, 5) is 0. The number of nitrogen functional groups attached to an aromatic ring is 1. The minimum absolute atomic E-state index is 0.322. The first-order valence-corrected chi connectivity index (χ1v) is 8.69. The second-order valence-electron chi connectivity index (χ2n) is 4.66. The minimum Gasteiger partial charge on any atom is -0.508 e. The molecule has 4 N–H and O–H groups in total. The molecule has 0 aromatic heterocycles. The lowest BCUT2D eigenvalue weighted by molar-refractivity contribution is 0.264. The summed E-state index contributed by atoms with van der Waals surface area (Å²) in [5, 5.41) is 18.5. The van der Waals surface area contributed by atoms with Crippen molar-refractivity contribution in [1.29, 1.82) is 0 Å². The van der Waals surface area contributed by atoms with E-state index in [0.717, 1.165) is 22.6 Å². The van der Waals surface area contributed by atoms with Crippen LogP contribution in [0.1, 0.15) is 30.4 Å². The van der Waals surface area contributed by atoms with Crippen LogP contribution in [0.2, 0.25) is 0 Å². The van der Waals surface area contributed by atoms with E-state index in [1.165, 1.54) is 11.8 Å². The van der Waals surface area contributed by atoms with Crippen LogP contribution in [0.25, 0.3) is 0 Å². The molecule has 0 radical (unpaired) electrons. The number of para-hydroxylation sites is 1. The second kappa shape index (κ2) is 10.0. The van der Waals surface area contributed by atoms with Crippen molar-refractivity contribution >= 4 is 17.4 Å². The van der Waals surface area contributed by atoms with Gasteiger partial charge in [0, 0.05) is 23.1 Å². The highest BCUT2D eigenvalue weighted by atomic mass is 32.2. The molecule has 0 saturated heterocycles. The zero-order chi connectivity index (χ0) is 17.2. The van der Waals surface area contributed by atoms with Gasteiger partial charge >= 0.3 is 0 Å². The van der Waals surface area contributed by atoms with E-state index in [4.69, 9.17) is 15.6 Å². The van der Waals surface area contributed by atoms with Crippen molar-refractivity contribution in [3.05, 3.63) is 53.6 Å². The Morgan fingerprint density at radius 3 is 2.39 bits per heavy atom. The molecule has 0 amide bonds. The maximum Gasteiger partial charge on any atom is 0.129 e. The molecule has 126 valence electrons. The molecule has 4 nitrogen and oxygen atoms in total. The number of thioether (sulfide) groups is 1. The van der Waals surface area contributed by atoms with Gasteiger partial charge in [0.1, 0.15) is 16.9 Å². The number of rotatable bonds is 0. The Labute approximate surface area is 142 Å². The fourth-order valence-corrected chi connectivity index (χ4v) is 2.92. The number of ether oxygens (including phenoxy) is 1. The van der Waals surface area contributed by atoms with Gasteiger partial charge in [-0.2, -0.15) is 0 Å². The number of benzene rings is 2. The van der Waals surface area contributed by atoms with Crippen LogP contribution in [0.15, 0.2) is 42.5 Å². The number of nitrogens with two attached hydrogens (primary N) is 1. The summed E-state index contributed by atoms with van der Waals surface area (Å²) in [6.07, 6.45) is 0. The van der Waals surface area contributed by atoms with E-state index in [0.29, 0.717) is 18.0 Å². The minimum atomic E-state index is -0.493. The zero-order valence-corrected chi connectivity index (χ0v) is 14.6. The molecule has 0 bridgehead atoms. The summed E-state index contributed by atoms with van der Waals surface area (Å²) in [7, 11) is 0. The predicted octanol–water partition coefficient (Wildman–Crippen LogP) is 4.11. The van der Waals surface area contributed by atoms with Gasteiger partial charge in [0.2, 0.25) is 0 Å². The Kier molecular flexibility index (Phi) is 8.37. The molecule has 0 saturated carbocycles. The van der Waals surface area contributed by atoms with E-state index in [-0.39, 0.29) is 0 Å². The van der Waals surface area contributed by atoms with E-state index in [1.54, 1.807) is 30.3 Å². The van der Waals surface area contributed by atoms with Gasteiger partial charge in [-0.15, -0.1) is 11.8 Å². The Bertz CT molecular complexity index is 590. The molecule has 3 rings (SSSR count). The summed E-state index contributed by atoms with van der Waals surface area (Å²) in [5.74, 6) is 1.84. The second-order valence-corrected chi connectivity index (χ2v) is 5.84. The van der Waals surface area contributed by atoms with Crippen molar-refractivity contribution in [1.82, 2.24) is 0 Å². The monoisotopic (exact) mass is 335 g/mol. The number of hydrogen-bond donors (Lipinski definition) is 3. The molecular weight excluding hydrogens is 310 g/mol. The standard InChI is InChI=1S/C10H13NO2S.C6H6O.C2H6/c1-6-4-7(11)5-8-9(6)10(12)14-3-2-13-8;7-6-4-2-1-3-5-6;1-2/h4-5,10,12H,2-3,11H2,1H3;1-5,7H;1-2H3. The molecule has 5 heteroatoms. The third-order valence-corrected chi connectivity index (χ3v) is 3.94. The molecule has 2 aromatic rings. The lowest BCUT2D eigenvalue weighted by atomic mass is 10.1. The smallest absolute Gasteiger partial charge is 0.129 e. The maximum atomic E-state index is 9.86. The molecule has 1 aliphatic heterocycles. The van der Waals surface area contributed by atoms with Crippen LogP contribution in [0, 0.1) is 6.92 Å². The van der Waals surface area contributed by atoms with Crippen LogP contribution in [0.3, 0.4) is 0 Å². The van der Waals surface area contributed by atoms with Crippen molar-refractivity contribution in [3.63, 3.8) is 0 Å². The van der Waals surface area contributed by atoms with Crippen LogP contribution in [-0.2, 0) is 0 Å². The fraction of sp³-hybridized carbons (Fsp3) is 0.333. The van der Waals surface area contributed by atoms with Gasteiger partial charge in [-0.05, 0) is 30.7 Å². The number of aliphatic hydroxyl groups is 1. The highest BCUT2D eigenvalue weighted by Gasteiger charge is 2.20. The number of phenols is 1. The first kappa shape index (κ1) is 19.2. The van der Waals surface area contributed by atoms with Crippen LogP contribution < -0.4 is 10.5 Å². The number of aryl methyl sites for hydroxylation is 1. The average Bonchev–Trinajstić information content (AvgIpc) is 2.72. The predicted molar refractivity (Wildman–Crippen MR) is 98.0 cm³/mol. The number of aromatic hydroxyl groups is 1. The summed E-state index contributed by atoms with van der Waals surface area (Å²) in [6, 6.07) is 12.3. The number of hydrogen-bond acceptors (Lipinski definition) is 5. The molecule has 2 aromatic carbocycles. The fourth-order valence-electron chi connectivity index (χ4n) is 2.05. The number of aliphatic hydroxyl groups excluding tert-OH is 1. The van der Waals surface area contributed by atoms with E-state index < -0.39 is 5.44 Å². The van der Waals surface area contributed by atoms with Crippen molar-refractivity contribution in [2.75, 3.05) is 18.1 Å². The molecule has 0 spiro atoms. The molecule has 23 heavy (non-hydrogen) atoms.